The first-order chi connectivity index (χ1) is 17.5. The van der Waals surface area contributed by atoms with Gasteiger partial charge in [0.05, 0.1) is 18.9 Å². The van der Waals surface area contributed by atoms with Gasteiger partial charge in [-0.05, 0) is 73.5 Å². The first kappa shape index (κ1) is 26.1. The van der Waals surface area contributed by atoms with Gasteiger partial charge in [0.15, 0.2) is 5.96 Å². The van der Waals surface area contributed by atoms with E-state index in [0.717, 1.165) is 30.0 Å². The molecule has 0 aliphatic heterocycles. The van der Waals surface area contributed by atoms with Crippen molar-refractivity contribution in [2.24, 2.45) is 16.5 Å². The minimum Gasteiger partial charge on any atom is -0.494 e. The number of rotatable bonds is 13. The summed E-state index contributed by atoms with van der Waals surface area (Å²) in [7, 11) is 0. The number of amidine groups is 2. The zero-order chi connectivity index (χ0) is 25.6. The normalized spacial score (nSPS) is 10.2. The molecule has 0 unspecified atom stereocenters. The van der Waals surface area contributed by atoms with Crippen molar-refractivity contribution in [1.82, 2.24) is 10.6 Å². The molecule has 0 heterocycles. The fourth-order valence-electron chi connectivity index (χ4n) is 3.17. The lowest BCUT2D eigenvalue weighted by Crippen LogP contribution is -2.38. The summed E-state index contributed by atoms with van der Waals surface area (Å²) in [6, 6.07) is 24.1. The lowest BCUT2D eigenvalue weighted by Gasteiger charge is -2.13. The highest BCUT2D eigenvalue weighted by atomic mass is 16.5. The van der Waals surface area contributed by atoms with Crippen LogP contribution in [0.3, 0.4) is 0 Å². The Morgan fingerprint density at radius 2 is 1.11 bits per heavy atom. The molecule has 9 nitrogen and oxygen atoms in total. The molecule has 0 amide bonds. The van der Waals surface area contributed by atoms with E-state index in [4.69, 9.17) is 31.8 Å². The Morgan fingerprint density at radius 3 is 1.53 bits per heavy atom. The third-order valence-corrected chi connectivity index (χ3v) is 5.09. The molecule has 0 radical (unpaired) electrons. The van der Waals surface area contributed by atoms with Crippen molar-refractivity contribution in [2.45, 2.75) is 12.8 Å². The predicted octanol–water partition coefficient (Wildman–Crippen LogP) is 3.36. The third-order valence-electron chi connectivity index (χ3n) is 5.09. The van der Waals surface area contributed by atoms with Crippen LogP contribution in [0.1, 0.15) is 24.0 Å². The molecule has 0 atom stereocenters. The zero-order valence-electron chi connectivity index (χ0n) is 20.2. The van der Waals surface area contributed by atoms with Gasteiger partial charge in [-0.15, -0.1) is 0 Å². The van der Waals surface area contributed by atoms with E-state index in [1.54, 1.807) is 24.3 Å². The van der Waals surface area contributed by atoms with Crippen molar-refractivity contribution in [3.8, 4) is 11.5 Å². The lowest BCUT2D eigenvalue weighted by atomic mass is 10.2. The fourth-order valence-corrected chi connectivity index (χ4v) is 3.17. The number of aliphatic imine (C=N–C) groups is 1. The van der Waals surface area contributed by atoms with Crippen LogP contribution in [0.2, 0.25) is 0 Å². The standard InChI is InChI=1S/C27H33N7O2/c28-25(29)20-8-12-23(13-9-20)35-18-4-16-32-27(34-22-6-2-1-3-7-22)33-17-5-19-36-24-14-10-21(11-15-24)26(30)31/h1-3,6-15H,4-5,16-19H2,(H3,28,29)(H3,30,31)(H2,32,33,34). The van der Waals surface area contributed by atoms with E-state index in [9.17, 15) is 0 Å². The monoisotopic (exact) mass is 487 g/mol. The Labute approximate surface area is 211 Å². The molecule has 36 heavy (non-hydrogen) atoms. The van der Waals surface area contributed by atoms with Crippen LogP contribution in [-0.4, -0.2) is 43.9 Å². The average molecular weight is 488 g/mol. The van der Waals surface area contributed by atoms with E-state index in [1.807, 2.05) is 54.6 Å². The van der Waals surface area contributed by atoms with Gasteiger partial charge in [-0.3, -0.25) is 10.8 Å². The highest BCUT2D eigenvalue weighted by Gasteiger charge is 2.02. The second-order valence-electron chi connectivity index (χ2n) is 7.93. The molecule has 0 bridgehead atoms. The van der Waals surface area contributed by atoms with Crippen molar-refractivity contribution in [1.29, 1.82) is 10.8 Å². The van der Waals surface area contributed by atoms with Crippen LogP contribution in [0.5, 0.6) is 11.5 Å². The molecule has 0 saturated carbocycles. The second kappa shape index (κ2) is 14.0. The van der Waals surface area contributed by atoms with E-state index in [2.05, 4.69) is 15.6 Å². The molecule has 0 saturated heterocycles. The summed E-state index contributed by atoms with van der Waals surface area (Å²) in [5, 5.41) is 21.6. The first-order valence-electron chi connectivity index (χ1n) is 11.8. The molecule has 188 valence electrons. The van der Waals surface area contributed by atoms with Crippen molar-refractivity contribution >= 4 is 23.3 Å². The van der Waals surface area contributed by atoms with Gasteiger partial charge in [0.1, 0.15) is 23.2 Å². The van der Waals surface area contributed by atoms with Gasteiger partial charge in [-0.2, -0.15) is 0 Å². The summed E-state index contributed by atoms with van der Waals surface area (Å²) in [6.45, 7) is 2.45. The van der Waals surface area contributed by atoms with Crippen LogP contribution in [0.25, 0.3) is 0 Å². The summed E-state index contributed by atoms with van der Waals surface area (Å²) in [4.78, 5) is 4.67. The van der Waals surface area contributed by atoms with Crippen LogP contribution in [0.15, 0.2) is 83.9 Å². The number of hydrogen-bond donors (Lipinski definition) is 6. The Kier molecular flexibility index (Phi) is 10.1. The highest BCUT2D eigenvalue weighted by Crippen LogP contribution is 2.13. The molecule has 8 N–H and O–H groups in total. The fraction of sp³-hybridized carbons (Fsp3) is 0.222. The number of nitrogens with one attached hydrogen (secondary N) is 4. The number of ether oxygens (including phenoxy) is 2. The summed E-state index contributed by atoms with van der Waals surface area (Å²) in [6.07, 6.45) is 1.56. The van der Waals surface area contributed by atoms with Crippen LogP contribution in [0.4, 0.5) is 5.69 Å². The van der Waals surface area contributed by atoms with Crippen molar-refractivity contribution in [2.75, 3.05) is 26.3 Å². The van der Waals surface area contributed by atoms with Crippen LogP contribution in [0, 0.1) is 10.8 Å². The molecule has 0 aromatic heterocycles. The van der Waals surface area contributed by atoms with E-state index in [1.165, 1.54) is 0 Å². The largest absolute Gasteiger partial charge is 0.494 e. The maximum Gasteiger partial charge on any atom is 0.196 e. The molecule has 9 heteroatoms. The van der Waals surface area contributed by atoms with Gasteiger partial charge in [0.25, 0.3) is 0 Å². The summed E-state index contributed by atoms with van der Waals surface area (Å²) in [5.74, 6) is 2.26. The molecule has 3 aromatic carbocycles. The van der Waals surface area contributed by atoms with Crippen LogP contribution < -0.4 is 31.6 Å². The molecule has 3 rings (SSSR count). The van der Waals surface area contributed by atoms with Crippen molar-refractivity contribution < 1.29 is 9.47 Å². The van der Waals surface area contributed by atoms with Crippen molar-refractivity contribution in [3.05, 3.63) is 90.0 Å². The van der Waals surface area contributed by atoms with Crippen molar-refractivity contribution in [3.63, 3.8) is 0 Å². The van der Waals surface area contributed by atoms with E-state index < -0.39 is 0 Å². The Hall–Kier alpha value is -4.53. The lowest BCUT2D eigenvalue weighted by molar-refractivity contribution is 0.309. The molecule has 0 aliphatic carbocycles. The summed E-state index contributed by atoms with van der Waals surface area (Å²) in [5.41, 5.74) is 13.2. The quantitative estimate of drug-likeness (QED) is 0.123. The van der Waals surface area contributed by atoms with Gasteiger partial charge in [0.2, 0.25) is 0 Å². The number of benzene rings is 3. The minimum atomic E-state index is 0.0402. The number of nitrogens with two attached hydrogens (primary N) is 2. The molecule has 3 aromatic rings. The highest BCUT2D eigenvalue weighted by molar-refractivity contribution is 5.95. The number of nitrogens with zero attached hydrogens (tertiary/aromatic N) is 1. The van der Waals surface area contributed by atoms with Gasteiger partial charge < -0.3 is 31.6 Å². The molecule has 0 spiro atoms. The maximum absolute atomic E-state index is 7.44. The summed E-state index contributed by atoms with van der Waals surface area (Å²) >= 11 is 0. The molecular formula is C27H33N7O2. The van der Waals surface area contributed by atoms with Crippen LogP contribution >= 0.6 is 0 Å². The average Bonchev–Trinajstić information content (AvgIpc) is 2.89. The Bertz CT molecular complexity index is 1060. The Balaban J connectivity index is 1.41. The van der Waals surface area contributed by atoms with Gasteiger partial charge in [-0.1, -0.05) is 18.2 Å². The number of hydrogen-bond acceptors (Lipinski definition) is 5. The number of para-hydroxylation sites is 1. The zero-order valence-corrected chi connectivity index (χ0v) is 20.2. The molecule has 0 fully saturated rings. The van der Waals surface area contributed by atoms with Gasteiger partial charge in [-0.25, -0.2) is 4.99 Å². The maximum atomic E-state index is 7.44. The SMILES string of the molecule is N=C(N)c1ccc(OCCCNC(=Nc2ccccc2)NCCCOc2ccc(C(=N)N)cc2)cc1. The van der Waals surface area contributed by atoms with Gasteiger partial charge >= 0.3 is 0 Å². The smallest absolute Gasteiger partial charge is 0.196 e. The van der Waals surface area contributed by atoms with E-state index >= 15 is 0 Å². The van der Waals surface area contributed by atoms with Crippen LogP contribution in [-0.2, 0) is 0 Å². The molecular weight excluding hydrogens is 454 g/mol. The third kappa shape index (κ3) is 9.02. The topological polar surface area (TPSA) is 155 Å². The minimum absolute atomic E-state index is 0.0402. The second-order valence-corrected chi connectivity index (χ2v) is 7.93. The number of guanidine groups is 1. The molecule has 0 aliphatic rings. The Morgan fingerprint density at radius 1 is 0.667 bits per heavy atom. The first-order valence-corrected chi connectivity index (χ1v) is 11.8. The predicted molar refractivity (Wildman–Crippen MR) is 145 cm³/mol. The van der Waals surface area contributed by atoms with E-state index in [0.29, 0.717) is 43.4 Å². The number of nitrogen functional groups attached to an aromatic ring is 2. The van der Waals surface area contributed by atoms with E-state index in [-0.39, 0.29) is 11.7 Å². The summed E-state index contributed by atoms with van der Waals surface area (Å²) < 4.78 is 11.5. The van der Waals surface area contributed by atoms with Gasteiger partial charge in [0, 0.05) is 24.2 Å².